The average Bonchev–Trinajstić information content (AvgIpc) is 3.17. The van der Waals surface area contributed by atoms with Gasteiger partial charge in [0.1, 0.15) is 18.1 Å². The minimum absolute atomic E-state index is 0.0832. The lowest BCUT2D eigenvalue weighted by Crippen LogP contribution is -2.48. The van der Waals surface area contributed by atoms with Crippen molar-refractivity contribution in [2.45, 2.75) is 26.4 Å². The summed E-state index contributed by atoms with van der Waals surface area (Å²) in [5.74, 6) is 1.30. The monoisotopic (exact) mass is 391 g/mol. The van der Waals surface area contributed by atoms with Crippen LogP contribution in [0.15, 0.2) is 48.8 Å². The van der Waals surface area contributed by atoms with Gasteiger partial charge in [-0.3, -0.25) is 14.5 Å². The Hall–Kier alpha value is -3.68. The number of nitrogens with one attached hydrogen (secondary N) is 2. The summed E-state index contributed by atoms with van der Waals surface area (Å²) in [4.78, 5) is 38.2. The molecule has 0 radical (unpaired) electrons. The fraction of sp³-hybridized carbons (Fsp3) is 0.238. The van der Waals surface area contributed by atoms with Gasteiger partial charge in [0, 0.05) is 18.0 Å². The lowest BCUT2D eigenvalue weighted by atomic mass is 10.1. The Kier molecular flexibility index (Phi) is 4.99. The number of aromatic amines is 1. The SMILES string of the molecule is CCC(Oc1ccc(-c2c[nH]c(C)n2)cc1)C(=O)N1CC(=O)Nc2cccnc21. The highest BCUT2D eigenvalue weighted by molar-refractivity contribution is 6.10. The largest absolute Gasteiger partial charge is 0.481 e. The molecule has 2 aromatic heterocycles. The van der Waals surface area contributed by atoms with Crippen LogP contribution < -0.4 is 15.0 Å². The standard InChI is InChI=1S/C21H21N5O3/c1-3-18(21(28)26-12-19(27)25-16-5-4-10-22-20(16)26)29-15-8-6-14(7-9-15)17-11-23-13(2)24-17/h4-11,18H,3,12H2,1-2H3,(H,23,24)(H,25,27). The minimum Gasteiger partial charge on any atom is -0.481 e. The molecule has 2 amide bonds. The number of ether oxygens (including phenoxy) is 1. The maximum absolute atomic E-state index is 13.1. The topological polar surface area (TPSA) is 100 Å². The van der Waals surface area contributed by atoms with Gasteiger partial charge in [0.05, 0.1) is 11.4 Å². The first-order chi connectivity index (χ1) is 14.0. The number of aromatic nitrogens is 3. The Morgan fingerprint density at radius 1 is 1.28 bits per heavy atom. The molecule has 0 spiro atoms. The van der Waals surface area contributed by atoms with E-state index in [9.17, 15) is 9.59 Å². The Morgan fingerprint density at radius 2 is 2.07 bits per heavy atom. The maximum atomic E-state index is 13.1. The second kappa shape index (κ2) is 7.75. The number of carbonyl (C=O) groups is 2. The van der Waals surface area contributed by atoms with Crippen LogP contribution in [0.1, 0.15) is 19.2 Å². The van der Waals surface area contributed by atoms with E-state index in [1.165, 1.54) is 4.90 Å². The summed E-state index contributed by atoms with van der Waals surface area (Å²) in [6.07, 6.45) is 3.16. The van der Waals surface area contributed by atoms with Crippen LogP contribution in [0.4, 0.5) is 11.5 Å². The third-order valence-electron chi connectivity index (χ3n) is 4.66. The zero-order valence-corrected chi connectivity index (χ0v) is 16.2. The first-order valence-electron chi connectivity index (χ1n) is 9.40. The summed E-state index contributed by atoms with van der Waals surface area (Å²) >= 11 is 0. The molecule has 4 rings (SSSR count). The van der Waals surface area contributed by atoms with Crippen LogP contribution in [0.2, 0.25) is 0 Å². The number of hydrogen-bond donors (Lipinski definition) is 2. The molecule has 3 aromatic rings. The number of hydrogen-bond acceptors (Lipinski definition) is 5. The molecule has 8 nitrogen and oxygen atoms in total. The van der Waals surface area contributed by atoms with Gasteiger partial charge in [-0.15, -0.1) is 0 Å². The predicted octanol–water partition coefficient (Wildman–Crippen LogP) is 2.92. The molecule has 3 heterocycles. The van der Waals surface area contributed by atoms with Crippen molar-refractivity contribution in [3.63, 3.8) is 0 Å². The van der Waals surface area contributed by atoms with Crippen molar-refractivity contribution in [3.8, 4) is 17.0 Å². The minimum atomic E-state index is -0.728. The van der Waals surface area contributed by atoms with E-state index >= 15 is 0 Å². The first-order valence-corrected chi connectivity index (χ1v) is 9.40. The number of nitrogens with zero attached hydrogens (tertiary/aromatic N) is 3. The van der Waals surface area contributed by atoms with Crippen LogP contribution in [0, 0.1) is 6.92 Å². The molecule has 1 aromatic carbocycles. The highest BCUT2D eigenvalue weighted by Crippen LogP contribution is 2.28. The lowest BCUT2D eigenvalue weighted by Gasteiger charge is -2.30. The van der Waals surface area contributed by atoms with E-state index in [4.69, 9.17) is 4.74 Å². The Bertz CT molecular complexity index is 1040. The van der Waals surface area contributed by atoms with Gasteiger partial charge >= 0.3 is 0 Å². The van der Waals surface area contributed by atoms with Crippen molar-refractivity contribution in [1.29, 1.82) is 0 Å². The van der Waals surface area contributed by atoms with Crippen LogP contribution in [0.5, 0.6) is 5.75 Å². The maximum Gasteiger partial charge on any atom is 0.269 e. The van der Waals surface area contributed by atoms with Gasteiger partial charge in [-0.2, -0.15) is 0 Å². The molecule has 0 saturated heterocycles. The van der Waals surface area contributed by atoms with Crippen LogP contribution in [-0.2, 0) is 9.59 Å². The van der Waals surface area contributed by atoms with E-state index in [0.717, 1.165) is 17.1 Å². The molecule has 0 saturated carbocycles. The van der Waals surface area contributed by atoms with Crippen LogP contribution in [0.25, 0.3) is 11.3 Å². The van der Waals surface area contributed by atoms with E-state index in [-0.39, 0.29) is 18.4 Å². The van der Waals surface area contributed by atoms with Crippen LogP contribution >= 0.6 is 0 Å². The molecule has 1 aliphatic heterocycles. The molecule has 0 bridgehead atoms. The Morgan fingerprint density at radius 3 is 2.76 bits per heavy atom. The zero-order valence-electron chi connectivity index (χ0n) is 16.2. The quantitative estimate of drug-likeness (QED) is 0.697. The average molecular weight is 391 g/mol. The predicted molar refractivity (Wildman–Crippen MR) is 109 cm³/mol. The number of carbonyl (C=O) groups excluding carboxylic acids is 2. The van der Waals surface area contributed by atoms with Crippen molar-refractivity contribution in [2.24, 2.45) is 0 Å². The molecular formula is C21H21N5O3. The van der Waals surface area contributed by atoms with Gasteiger partial charge < -0.3 is 15.0 Å². The Balaban J connectivity index is 1.52. The number of pyridine rings is 1. The van der Waals surface area contributed by atoms with Crippen molar-refractivity contribution in [2.75, 3.05) is 16.8 Å². The second-order valence-corrected chi connectivity index (χ2v) is 6.76. The van der Waals surface area contributed by atoms with Crippen molar-refractivity contribution in [3.05, 3.63) is 54.6 Å². The van der Waals surface area contributed by atoms with Gasteiger partial charge in [-0.25, -0.2) is 9.97 Å². The Labute approximate surface area is 167 Å². The van der Waals surface area contributed by atoms with Gasteiger partial charge in [-0.1, -0.05) is 6.92 Å². The fourth-order valence-electron chi connectivity index (χ4n) is 3.22. The van der Waals surface area contributed by atoms with Gasteiger partial charge in [0.2, 0.25) is 5.91 Å². The third kappa shape index (κ3) is 3.82. The summed E-state index contributed by atoms with van der Waals surface area (Å²) in [5, 5.41) is 2.73. The number of fused-ring (bicyclic) bond motifs is 1. The van der Waals surface area contributed by atoms with E-state index in [2.05, 4.69) is 20.3 Å². The molecule has 29 heavy (non-hydrogen) atoms. The summed E-state index contributed by atoms with van der Waals surface area (Å²) < 4.78 is 5.95. The fourth-order valence-corrected chi connectivity index (χ4v) is 3.22. The van der Waals surface area contributed by atoms with Gasteiger partial charge in [0.25, 0.3) is 5.91 Å². The van der Waals surface area contributed by atoms with Crippen LogP contribution in [0.3, 0.4) is 0 Å². The molecule has 1 aliphatic rings. The zero-order chi connectivity index (χ0) is 20.4. The molecule has 1 unspecified atom stereocenters. The van der Waals surface area contributed by atoms with Gasteiger partial charge in [0.15, 0.2) is 11.9 Å². The second-order valence-electron chi connectivity index (χ2n) is 6.76. The normalized spacial score (nSPS) is 14.1. The molecule has 1 atom stereocenters. The first kappa shape index (κ1) is 18.7. The summed E-state index contributed by atoms with van der Waals surface area (Å²) in [6.45, 7) is 3.68. The third-order valence-corrected chi connectivity index (χ3v) is 4.66. The number of H-pyrrole nitrogens is 1. The van der Waals surface area contributed by atoms with Gasteiger partial charge in [-0.05, 0) is 49.7 Å². The van der Waals surface area contributed by atoms with Crippen molar-refractivity contribution in [1.82, 2.24) is 15.0 Å². The van der Waals surface area contributed by atoms with Crippen LogP contribution in [-0.4, -0.2) is 39.4 Å². The molecule has 8 heteroatoms. The lowest BCUT2D eigenvalue weighted by molar-refractivity contribution is -0.127. The van der Waals surface area contributed by atoms with E-state index in [0.29, 0.717) is 23.7 Å². The molecule has 0 aliphatic carbocycles. The number of anilines is 2. The highest BCUT2D eigenvalue weighted by Gasteiger charge is 2.33. The highest BCUT2D eigenvalue weighted by atomic mass is 16.5. The van der Waals surface area contributed by atoms with Crippen molar-refractivity contribution < 1.29 is 14.3 Å². The molecule has 148 valence electrons. The summed E-state index contributed by atoms with van der Waals surface area (Å²) in [6, 6.07) is 10.8. The molecular weight excluding hydrogens is 370 g/mol. The number of amides is 2. The summed E-state index contributed by atoms with van der Waals surface area (Å²) in [5.41, 5.74) is 2.32. The van der Waals surface area contributed by atoms with E-state index in [1.54, 1.807) is 18.3 Å². The van der Waals surface area contributed by atoms with E-state index < -0.39 is 6.10 Å². The smallest absolute Gasteiger partial charge is 0.269 e. The summed E-state index contributed by atoms with van der Waals surface area (Å²) in [7, 11) is 0. The molecule has 2 N–H and O–H groups in total. The number of imidazole rings is 1. The van der Waals surface area contributed by atoms with Crippen molar-refractivity contribution >= 4 is 23.3 Å². The molecule has 0 fully saturated rings. The number of benzene rings is 1. The number of rotatable bonds is 5. The van der Waals surface area contributed by atoms with E-state index in [1.807, 2.05) is 44.3 Å². The number of aryl methyl sites for hydroxylation is 1.